The highest BCUT2D eigenvalue weighted by atomic mass is 35.5. The predicted octanol–water partition coefficient (Wildman–Crippen LogP) is 5.08. The molecule has 0 radical (unpaired) electrons. The molecule has 1 heterocycles. The lowest BCUT2D eigenvalue weighted by Gasteiger charge is -2.35. The molecule has 0 unspecified atom stereocenters. The summed E-state index contributed by atoms with van der Waals surface area (Å²) >= 11 is 6.40. The Kier molecular flexibility index (Phi) is 6.20. The van der Waals surface area contributed by atoms with E-state index in [0.29, 0.717) is 22.8 Å². The zero-order valence-corrected chi connectivity index (χ0v) is 17.1. The van der Waals surface area contributed by atoms with Crippen LogP contribution in [0.4, 0.5) is 0 Å². The number of carbonyl (C=O) groups excluding carboxylic acids is 2. The van der Waals surface area contributed by atoms with Crippen molar-refractivity contribution in [3.05, 3.63) is 82.0 Å². The molecule has 1 aliphatic heterocycles. The van der Waals surface area contributed by atoms with Gasteiger partial charge < -0.3 is 9.64 Å². The second kappa shape index (κ2) is 8.61. The highest BCUT2D eigenvalue weighted by molar-refractivity contribution is 6.31. The monoisotopic (exact) mass is 397 g/mol. The molecule has 0 N–H and O–H groups in total. The molecule has 1 amide bonds. The van der Waals surface area contributed by atoms with E-state index in [1.807, 2.05) is 62.4 Å². The number of hydrogen-bond donors (Lipinski definition) is 0. The number of carbonyl (C=O) groups is 2. The van der Waals surface area contributed by atoms with E-state index in [4.69, 9.17) is 16.3 Å². The van der Waals surface area contributed by atoms with Crippen LogP contribution < -0.4 is 0 Å². The number of halogens is 1. The first kappa shape index (κ1) is 20.2. The summed E-state index contributed by atoms with van der Waals surface area (Å²) in [6, 6.07) is 17.1. The topological polar surface area (TPSA) is 46.6 Å². The van der Waals surface area contributed by atoms with E-state index < -0.39 is 11.9 Å². The summed E-state index contributed by atoms with van der Waals surface area (Å²) < 4.78 is 5.51. The number of nitrogens with zero attached hydrogens (tertiary/aromatic N) is 1. The number of amides is 1. The molecule has 0 saturated heterocycles. The number of esters is 1. The van der Waals surface area contributed by atoms with Crippen LogP contribution in [-0.4, -0.2) is 22.9 Å². The van der Waals surface area contributed by atoms with Gasteiger partial charge in [0.1, 0.15) is 0 Å². The van der Waals surface area contributed by atoms with Gasteiger partial charge in [-0.15, -0.1) is 0 Å². The Balaban J connectivity index is 2.06. The van der Waals surface area contributed by atoms with Crippen molar-refractivity contribution in [1.82, 2.24) is 4.90 Å². The number of rotatable bonds is 5. The van der Waals surface area contributed by atoms with Gasteiger partial charge in [0.2, 0.25) is 5.91 Å². The first-order valence-electron chi connectivity index (χ1n) is 9.39. The largest absolute Gasteiger partial charge is 0.460 e. The van der Waals surface area contributed by atoms with E-state index in [2.05, 4.69) is 0 Å². The van der Waals surface area contributed by atoms with E-state index in [9.17, 15) is 9.59 Å². The molecule has 0 spiro atoms. The van der Waals surface area contributed by atoms with Gasteiger partial charge in [0, 0.05) is 23.1 Å². The smallest absolute Gasteiger partial charge is 0.336 e. The molecule has 146 valence electrons. The molecule has 0 aromatic heterocycles. The van der Waals surface area contributed by atoms with E-state index in [0.717, 1.165) is 11.1 Å². The fourth-order valence-corrected chi connectivity index (χ4v) is 3.80. The van der Waals surface area contributed by atoms with Crippen LogP contribution in [0.5, 0.6) is 0 Å². The molecule has 2 aromatic rings. The first-order valence-corrected chi connectivity index (χ1v) is 9.76. The van der Waals surface area contributed by atoms with Gasteiger partial charge in [0.25, 0.3) is 0 Å². The summed E-state index contributed by atoms with van der Waals surface area (Å²) in [6.45, 7) is 5.85. The Labute approximate surface area is 170 Å². The molecule has 0 fully saturated rings. The van der Waals surface area contributed by atoms with Crippen molar-refractivity contribution in [3.8, 4) is 0 Å². The van der Waals surface area contributed by atoms with Crippen molar-refractivity contribution >= 4 is 23.5 Å². The summed E-state index contributed by atoms with van der Waals surface area (Å²) in [4.78, 5) is 27.6. The lowest BCUT2D eigenvalue weighted by atomic mass is 9.83. The summed E-state index contributed by atoms with van der Waals surface area (Å²) in [5.74, 6) is -0.852. The molecule has 0 saturated carbocycles. The Morgan fingerprint density at radius 1 is 1.14 bits per heavy atom. The molecule has 0 bridgehead atoms. The summed E-state index contributed by atoms with van der Waals surface area (Å²) in [5.41, 5.74) is 2.89. The van der Waals surface area contributed by atoms with Crippen LogP contribution in [0.25, 0.3) is 0 Å². The minimum atomic E-state index is -0.417. The molecule has 4 nitrogen and oxygen atoms in total. The van der Waals surface area contributed by atoms with Crippen molar-refractivity contribution in [3.63, 3.8) is 0 Å². The normalized spacial score (nSPS) is 17.2. The molecular weight excluding hydrogens is 374 g/mol. The quantitative estimate of drug-likeness (QED) is 0.661. The Morgan fingerprint density at radius 3 is 2.43 bits per heavy atom. The predicted molar refractivity (Wildman–Crippen MR) is 110 cm³/mol. The fourth-order valence-electron chi connectivity index (χ4n) is 3.53. The molecule has 0 aliphatic carbocycles. The highest BCUT2D eigenvalue weighted by Gasteiger charge is 2.37. The van der Waals surface area contributed by atoms with E-state index in [1.165, 1.54) is 0 Å². The van der Waals surface area contributed by atoms with Crippen LogP contribution in [0.2, 0.25) is 5.02 Å². The summed E-state index contributed by atoms with van der Waals surface area (Å²) in [7, 11) is 0. The maximum Gasteiger partial charge on any atom is 0.336 e. The van der Waals surface area contributed by atoms with Crippen molar-refractivity contribution in [2.45, 2.75) is 45.8 Å². The van der Waals surface area contributed by atoms with Gasteiger partial charge in [-0.3, -0.25) is 4.79 Å². The van der Waals surface area contributed by atoms with E-state index >= 15 is 0 Å². The number of ether oxygens (including phenoxy) is 1. The van der Waals surface area contributed by atoms with Crippen LogP contribution >= 0.6 is 11.6 Å². The number of hydrogen-bond acceptors (Lipinski definition) is 3. The minimum absolute atomic E-state index is 0.0348. The Hall–Kier alpha value is -2.59. The van der Waals surface area contributed by atoms with Crippen molar-refractivity contribution < 1.29 is 14.3 Å². The maximum absolute atomic E-state index is 13.0. The maximum atomic E-state index is 13.0. The third-order valence-corrected chi connectivity index (χ3v) is 5.19. The van der Waals surface area contributed by atoms with Crippen LogP contribution in [0, 0.1) is 0 Å². The van der Waals surface area contributed by atoms with Gasteiger partial charge >= 0.3 is 5.97 Å². The van der Waals surface area contributed by atoms with Crippen LogP contribution in [0.1, 0.15) is 44.2 Å². The van der Waals surface area contributed by atoms with Crippen molar-refractivity contribution in [2.75, 3.05) is 0 Å². The first-order chi connectivity index (χ1) is 13.4. The average molecular weight is 398 g/mol. The van der Waals surface area contributed by atoms with Crippen LogP contribution in [0.3, 0.4) is 0 Å². The molecule has 1 aliphatic rings. The summed E-state index contributed by atoms with van der Waals surface area (Å²) in [6.07, 6.45) is -0.0731. The van der Waals surface area contributed by atoms with Crippen LogP contribution in [0.15, 0.2) is 65.9 Å². The third kappa shape index (κ3) is 4.28. The minimum Gasteiger partial charge on any atom is -0.460 e. The van der Waals surface area contributed by atoms with Crippen LogP contribution in [-0.2, 0) is 20.9 Å². The lowest BCUT2D eigenvalue weighted by molar-refractivity contribution is -0.143. The Bertz CT molecular complexity index is 905. The average Bonchev–Trinajstić information content (AvgIpc) is 2.65. The number of benzene rings is 2. The highest BCUT2D eigenvalue weighted by Crippen LogP contribution is 2.40. The van der Waals surface area contributed by atoms with Crippen molar-refractivity contribution in [2.24, 2.45) is 0 Å². The molecule has 5 heteroatoms. The fraction of sp³-hybridized carbons (Fsp3) is 0.304. The molecule has 28 heavy (non-hydrogen) atoms. The lowest BCUT2D eigenvalue weighted by Crippen LogP contribution is -2.38. The Morgan fingerprint density at radius 2 is 1.79 bits per heavy atom. The van der Waals surface area contributed by atoms with Crippen molar-refractivity contribution in [1.29, 1.82) is 0 Å². The summed E-state index contributed by atoms with van der Waals surface area (Å²) in [5, 5.41) is 0.541. The SMILES string of the molecule is CC1=C(C(=O)OC(C)C)[C@H](c2ccccc2Cl)CC(=O)N1Cc1ccccc1. The van der Waals surface area contributed by atoms with Gasteiger partial charge in [-0.25, -0.2) is 4.79 Å². The van der Waals surface area contributed by atoms with Gasteiger partial charge in [-0.1, -0.05) is 60.1 Å². The number of allylic oxidation sites excluding steroid dienone is 1. The zero-order valence-electron chi connectivity index (χ0n) is 16.3. The second-order valence-electron chi connectivity index (χ2n) is 7.20. The molecule has 1 atom stereocenters. The van der Waals surface area contributed by atoms with E-state index in [1.54, 1.807) is 17.9 Å². The molecular formula is C23H24ClNO3. The van der Waals surface area contributed by atoms with Gasteiger partial charge in [0.15, 0.2) is 0 Å². The standard InChI is InChI=1S/C23H24ClNO3/c1-15(2)28-23(27)22-16(3)25(14-17-9-5-4-6-10-17)21(26)13-19(22)18-11-7-8-12-20(18)24/h4-12,15,19H,13-14H2,1-3H3/t19-/m0/s1. The molecule has 2 aromatic carbocycles. The van der Waals surface area contributed by atoms with Gasteiger partial charge in [-0.2, -0.15) is 0 Å². The van der Waals surface area contributed by atoms with Gasteiger partial charge in [-0.05, 0) is 38.0 Å². The third-order valence-electron chi connectivity index (χ3n) is 4.85. The van der Waals surface area contributed by atoms with E-state index in [-0.39, 0.29) is 18.4 Å². The second-order valence-corrected chi connectivity index (χ2v) is 7.60. The molecule has 3 rings (SSSR count). The zero-order chi connectivity index (χ0) is 20.3. The van der Waals surface area contributed by atoms with Gasteiger partial charge in [0.05, 0.1) is 18.2 Å².